The van der Waals surface area contributed by atoms with E-state index < -0.39 is 5.41 Å². The van der Waals surface area contributed by atoms with Gasteiger partial charge in [-0.2, -0.15) is 0 Å². The van der Waals surface area contributed by atoms with E-state index in [-0.39, 0.29) is 24.0 Å². The zero-order valence-corrected chi connectivity index (χ0v) is 15.8. The Bertz CT molecular complexity index is 815. The van der Waals surface area contributed by atoms with Gasteiger partial charge in [0.1, 0.15) is 11.2 Å². The molecule has 0 aliphatic carbocycles. The summed E-state index contributed by atoms with van der Waals surface area (Å²) >= 11 is 0. The molecule has 2 unspecified atom stereocenters. The molecule has 4 rings (SSSR count). The van der Waals surface area contributed by atoms with Crippen LogP contribution in [-0.4, -0.2) is 17.0 Å². The van der Waals surface area contributed by atoms with Crippen molar-refractivity contribution in [3.63, 3.8) is 0 Å². The predicted molar refractivity (Wildman–Crippen MR) is 102 cm³/mol. The largest absolute Gasteiger partial charge is 0.471 e. The molecule has 0 radical (unpaired) electrons. The van der Waals surface area contributed by atoms with Crippen LogP contribution in [0.25, 0.3) is 0 Å². The van der Waals surface area contributed by atoms with Gasteiger partial charge in [-0.3, -0.25) is 9.69 Å². The number of hydrogen-bond donors (Lipinski definition) is 0. The minimum absolute atomic E-state index is 0.133. The Morgan fingerprint density at radius 3 is 1.92 bits per heavy atom. The molecular weight excluding hydrogens is 322 g/mol. The smallest absolute Gasteiger partial charge is 0.241 e. The number of carbonyl (C=O) groups excluding carboxylic acids is 1. The predicted octanol–water partition coefficient (Wildman–Crippen LogP) is 4.91. The molecule has 26 heavy (non-hydrogen) atoms. The summed E-state index contributed by atoms with van der Waals surface area (Å²) in [5, 5.41) is 0. The number of ether oxygens (including phenoxy) is 1. The van der Waals surface area contributed by atoms with Crippen molar-refractivity contribution in [3.8, 4) is 0 Å². The average Bonchev–Trinajstić information content (AvgIpc) is 2.99. The Morgan fingerprint density at radius 2 is 1.46 bits per heavy atom. The molecule has 0 spiro atoms. The van der Waals surface area contributed by atoms with E-state index in [2.05, 4.69) is 55.5 Å². The summed E-state index contributed by atoms with van der Waals surface area (Å²) in [5.41, 5.74) is 3.03. The van der Waals surface area contributed by atoms with Gasteiger partial charge in [0.05, 0.1) is 5.70 Å². The number of amides is 1. The van der Waals surface area contributed by atoms with Crippen LogP contribution in [-0.2, 0) is 9.53 Å². The van der Waals surface area contributed by atoms with Crippen molar-refractivity contribution >= 4 is 5.91 Å². The Balaban J connectivity index is 1.73. The van der Waals surface area contributed by atoms with Crippen LogP contribution in [0.2, 0.25) is 0 Å². The molecule has 2 atom stereocenters. The van der Waals surface area contributed by atoms with E-state index in [4.69, 9.17) is 4.74 Å². The maximum atomic E-state index is 12.5. The van der Waals surface area contributed by atoms with E-state index in [9.17, 15) is 4.79 Å². The first-order valence-corrected chi connectivity index (χ1v) is 9.24. The molecule has 0 N–H and O–H groups in total. The fourth-order valence-corrected chi connectivity index (χ4v) is 4.31. The summed E-state index contributed by atoms with van der Waals surface area (Å²) in [5.74, 6) is 1.40. The van der Waals surface area contributed by atoms with Crippen molar-refractivity contribution in [1.82, 2.24) is 4.90 Å². The van der Waals surface area contributed by atoms with E-state index >= 15 is 0 Å². The number of carbonyl (C=O) groups is 1. The maximum absolute atomic E-state index is 12.5. The molecule has 134 valence electrons. The number of hydrogen-bond acceptors (Lipinski definition) is 2. The molecule has 2 aromatic rings. The Morgan fingerprint density at radius 1 is 0.962 bits per heavy atom. The van der Waals surface area contributed by atoms with Gasteiger partial charge in [-0.05, 0) is 31.9 Å². The normalized spacial score (nSPS) is 22.1. The van der Waals surface area contributed by atoms with Gasteiger partial charge in [0.15, 0.2) is 6.23 Å². The molecule has 2 aliphatic heterocycles. The molecule has 3 heteroatoms. The van der Waals surface area contributed by atoms with Gasteiger partial charge in [0.25, 0.3) is 0 Å². The number of nitrogens with zero attached hydrogens (tertiary/aromatic N) is 1. The number of allylic oxidation sites excluding steroid dienone is 2. The summed E-state index contributed by atoms with van der Waals surface area (Å²) in [4.78, 5) is 14.3. The van der Waals surface area contributed by atoms with Gasteiger partial charge in [-0.25, -0.2) is 0 Å². The van der Waals surface area contributed by atoms with Crippen LogP contribution in [0.1, 0.15) is 44.7 Å². The van der Waals surface area contributed by atoms with Gasteiger partial charge < -0.3 is 4.74 Å². The van der Waals surface area contributed by atoms with E-state index in [1.54, 1.807) is 0 Å². The lowest BCUT2D eigenvalue weighted by Crippen LogP contribution is -2.63. The number of rotatable bonds is 4. The molecule has 0 saturated carbocycles. The fourth-order valence-electron chi connectivity index (χ4n) is 4.31. The Labute approximate surface area is 155 Å². The maximum Gasteiger partial charge on any atom is 0.241 e. The van der Waals surface area contributed by atoms with Crippen molar-refractivity contribution < 1.29 is 9.53 Å². The van der Waals surface area contributed by atoms with Gasteiger partial charge in [0, 0.05) is 11.8 Å². The third kappa shape index (κ3) is 2.38. The SMILES string of the molecule is CC1=C(C(C)C(c2ccccc2)c2ccccc2)OC2N1C(=O)C2(C)C. The highest BCUT2D eigenvalue weighted by Crippen LogP contribution is 2.51. The zero-order chi connectivity index (χ0) is 18.5. The van der Waals surface area contributed by atoms with Crippen molar-refractivity contribution in [2.24, 2.45) is 11.3 Å². The minimum atomic E-state index is -0.447. The van der Waals surface area contributed by atoms with Crippen molar-refractivity contribution in [3.05, 3.63) is 83.2 Å². The summed E-state index contributed by atoms with van der Waals surface area (Å²) in [6, 6.07) is 21.1. The quantitative estimate of drug-likeness (QED) is 0.736. The van der Waals surface area contributed by atoms with E-state index in [1.807, 2.05) is 37.8 Å². The highest BCUT2D eigenvalue weighted by molar-refractivity contribution is 5.91. The standard InChI is InChI=1S/C23H25NO2/c1-15(20-16(2)24-21(25)23(3,4)22(24)26-20)19(17-11-7-5-8-12-17)18-13-9-6-10-14-18/h5-15,19,22H,1-4H3. The lowest BCUT2D eigenvalue weighted by Gasteiger charge is -2.47. The van der Waals surface area contributed by atoms with E-state index in [0.29, 0.717) is 0 Å². The van der Waals surface area contributed by atoms with Crippen LogP contribution in [0, 0.1) is 11.3 Å². The van der Waals surface area contributed by atoms with E-state index in [1.165, 1.54) is 11.1 Å². The third-order valence-corrected chi connectivity index (χ3v) is 5.81. The third-order valence-electron chi connectivity index (χ3n) is 5.81. The average molecular weight is 347 g/mol. The summed E-state index contributed by atoms with van der Waals surface area (Å²) in [6.07, 6.45) is -0.167. The second kappa shape index (κ2) is 6.01. The number of fused-ring (bicyclic) bond motifs is 1. The van der Waals surface area contributed by atoms with Crippen molar-refractivity contribution in [2.45, 2.75) is 39.8 Å². The first-order valence-electron chi connectivity index (χ1n) is 9.24. The van der Waals surface area contributed by atoms with E-state index in [0.717, 1.165) is 11.5 Å². The lowest BCUT2D eigenvalue weighted by atomic mass is 9.80. The molecule has 2 heterocycles. The van der Waals surface area contributed by atoms with Crippen LogP contribution < -0.4 is 0 Å². The summed E-state index contributed by atoms with van der Waals surface area (Å²) in [6.45, 7) is 8.13. The lowest BCUT2D eigenvalue weighted by molar-refractivity contribution is -0.187. The monoisotopic (exact) mass is 347 g/mol. The number of β-lactam (4-membered cyclic amide) rings is 1. The highest BCUT2D eigenvalue weighted by atomic mass is 16.5. The molecule has 1 amide bonds. The van der Waals surface area contributed by atoms with Gasteiger partial charge in [-0.15, -0.1) is 0 Å². The first-order chi connectivity index (χ1) is 12.4. The minimum Gasteiger partial charge on any atom is -0.471 e. The Hall–Kier alpha value is -2.55. The van der Waals surface area contributed by atoms with Crippen LogP contribution >= 0.6 is 0 Å². The summed E-state index contributed by atoms with van der Waals surface area (Å²) in [7, 11) is 0. The van der Waals surface area contributed by atoms with Gasteiger partial charge in [0.2, 0.25) is 5.91 Å². The molecule has 1 fully saturated rings. The van der Waals surface area contributed by atoms with Gasteiger partial charge >= 0.3 is 0 Å². The molecule has 2 aliphatic rings. The van der Waals surface area contributed by atoms with Crippen molar-refractivity contribution in [2.75, 3.05) is 0 Å². The molecule has 0 bridgehead atoms. The second-order valence-electron chi connectivity index (χ2n) is 7.90. The number of benzene rings is 2. The first kappa shape index (κ1) is 16.9. The van der Waals surface area contributed by atoms with Crippen molar-refractivity contribution in [1.29, 1.82) is 0 Å². The molecule has 1 saturated heterocycles. The molecule has 0 aromatic heterocycles. The molecule has 3 nitrogen and oxygen atoms in total. The molecular formula is C23H25NO2. The topological polar surface area (TPSA) is 29.5 Å². The van der Waals surface area contributed by atoms with Gasteiger partial charge in [-0.1, -0.05) is 67.6 Å². The van der Waals surface area contributed by atoms with Crippen LogP contribution in [0.15, 0.2) is 72.1 Å². The zero-order valence-electron chi connectivity index (χ0n) is 15.8. The van der Waals surface area contributed by atoms with Crippen LogP contribution in [0.3, 0.4) is 0 Å². The highest BCUT2D eigenvalue weighted by Gasteiger charge is 2.61. The molecule has 2 aromatic carbocycles. The van der Waals surface area contributed by atoms with Crippen LogP contribution in [0.5, 0.6) is 0 Å². The van der Waals surface area contributed by atoms with Crippen LogP contribution in [0.4, 0.5) is 0 Å². The summed E-state index contributed by atoms with van der Waals surface area (Å²) < 4.78 is 6.33. The fraction of sp³-hybridized carbons (Fsp3) is 0.348. The second-order valence-corrected chi connectivity index (χ2v) is 7.90. The Kier molecular flexibility index (Phi) is 3.91.